The fourth-order valence-corrected chi connectivity index (χ4v) is 3.18. The number of hydrogen-bond acceptors (Lipinski definition) is 8. The van der Waals surface area contributed by atoms with Gasteiger partial charge in [0.15, 0.2) is 12.4 Å². The van der Waals surface area contributed by atoms with Crippen LogP contribution < -0.4 is 0 Å². The topological polar surface area (TPSA) is 129 Å². The van der Waals surface area contributed by atoms with Gasteiger partial charge in [0.05, 0.1) is 0 Å². The summed E-state index contributed by atoms with van der Waals surface area (Å²) < 4.78 is 36.4. The van der Waals surface area contributed by atoms with E-state index < -0.39 is 45.1 Å². The standard InChI is InChI=1S/C7H12FO8P.2C6H15N/c1-3(9)14-6-4(2-8)15-7(5(6)10)16-17(11,12)13;2*1-4-7(5-2)6-3/h4-7,10H,2H2,1H3,(H2,11,12,13);2*4-6H2,1-3H3/t4-,5+,6-,7+;;/m1../s1. The van der Waals surface area contributed by atoms with Crippen LogP contribution >= 0.6 is 7.82 Å². The first-order chi connectivity index (χ1) is 14.4. The summed E-state index contributed by atoms with van der Waals surface area (Å²) in [6.45, 7) is 20.2. The second-order valence-electron chi connectivity index (χ2n) is 6.60. The molecule has 0 spiro atoms. The summed E-state index contributed by atoms with van der Waals surface area (Å²) in [4.78, 5) is 32.5. The molecule has 0 aliphatic carbocycles. The number of phosphoric acid groups is 1. The van der Waals surface area contributed by atoms with E-state index in [0.29, 0.717) is 0 Å². The van der Waals surface area contributed by atoms with E-state index in [-0.39, 0.29) is 0 Å². The molecule has 1 heterocycles. The monoisotopic (exact) mass is 476 g/mol. The van der Waals surface area contributed by atoms with E-state index in [0.717, 1.165) is 6.92 Å². The lowest BCUT2D eigenvalue weighted by atomic mass is 10.1. The van der Waals surface area contributed by atoms with Crippen LogP contribution in [0.4, 0.5) is 4.39 Å². The van der Waals surface area contributed by atoms with Crippen LogP contribution in [0.25, 0.3) is 0 Å². The summed E-state index contributed by atoms with van der Waals surface area (Å²) in [7, 11) is -4.90. The van der Waals surface area contributed by atoms with Crippen LogP contribution in [0.3, 0.4) is 0 Å². The zero-order valence-electron chi connectivity index (χ0n) is 19.9. The highest BCUT2D eigenvalue weighted by Crippen LogP contribution is 2.41. The van der Waals surface area contributed by atoms with E-state index in [1.54, 1.807) is 0 Å². The molecule has 0 aromatic rings. The number of esters is 1. The molecule has 3 N–H and O–H groups in total. The van der Waals surface area contributed by atoms with Crippen molar-refractivity contribution in [3.05, 3.63) is 0 Å². The molecule has 0 aromatic heterocycles. The first kappa shape index (κ1) is 32.5. The van der Waals surface area contributed by atoms with Gasteiger partial charge in [0.2, 0.25) is 0 Å². The third-order valence-corrected chi connectivity index (χ3v) is 5.15. The van der Waals surface area contributed by atoms with E-state index in [4.69, 9.17) is 14.5 Å². The Morgan fingerprint density at radius 1 is 0.968 bits per heavy atom. The van der Waals surface area contributed by atoms with Crippen LogP contribution in [0, 0.1) is 0 Å². The van der Waals surface area contributed by atoms with Crippen molar-refractivity contribution in [2.45, 2.75) is 73.1 Å². The highest BCUT2D eigenvalue weighted by atomic mass is 31.2. The van der Waals surface area contributed by atoms with Gasteiger partial charge in [0.25, 0.3) is 0 Å². The van der Waals surface area contributed by atoms with Crippen LogP contribution in [0.1, 0.15) is 48.5 Å². The van der Waals surface area contributed by atoms with Crippen LogP contribution in [0.2, 0.25) is 0 Å². The molecular formula is C19H42FN2O8P. The van der Waals surface area contributed by atoms with E-state index >= 15 is 0 Å². The Labute approximate surface area is 185 Å². The molecule has 0 saturated carbocycles. The van der Waals surface area contributed by atoms with Gasteiger partial charge in [-0.15, -0.1) is 0 Å². The maximum atomic E-state index is 12.5. The van der Waals surface area contributed by atoms with Gasteiger partial charge in [-0.05, 0) is 39.3 Å². The second kappa shape index (κ2) is 17.9. The molecule has 0 radical (unpaired) electrons. The first-order valence-electron chi connectivity index (χ1n) is 10.7. The number of phosphoric ester groups is 1. The summed E-state index contributed by atoms with van der Waals surface area (Å²) in [6, 6.07) is 0. The zero-order chi connectivity index (χ0) is 24.6. The number of carbonyl (C=O) groups excluding carboxylic acids is 1. The third kappa shape index (κ3) is 14.9. The average Bonchev–Trinajstić information content (AvgIpc) is 2.98. The zero-order valence-corrected chi connectivity index (χ0v) is 20.8. The van der Waals surface area contributed by atoms with Gasteiger partial charge >= 0.3 is 13.8 Å². The number of rotatable bonds is 10. The fourth-order valence-electron chi connectivity index (χ4n) is 2.73. The van der Waals surface area contributed by atoms with Gasteiger partial charge in [-0.1, -0.05) is 41.5 Å². The van der Waals surface area contributed by atoms with Crippen molar-refractivity contribution < 1.29 is 42.6 Å². The van der Waals surface area contributed by atoms with Gasteiger partial charge < -0.3 is 34.2 Å². The van der Waals surface area contributed by atoms with E-state index in [1.165, 1.54) is 39.3 Å². The molecule has 1 saturated heterocycles. The molecule has 1 rings (SSSR count). The van der Waals surface area contributed by atoms with Crippen molar-refractivity contribution in [1.82, 2.24) is 9.80 Å². The Kier molecular flexibility index (Phi) is 18.7. The minimum absolute atomic E-state index is 0.784. The molecule has 1 aliphatic heterocycles. The van der Waals surface area contributed by atoms with Crippen LogP contribution in [-0.2, 0) is 23.4 Å². The average molecular weight is 477 g/mol. The highest BCUT2D eigenvalue weighted by Gasteiger charge is 2.48. The Bertz CT molecular complexity index is 480. The van der Waals surface area contributed by atoms with Crippen molar-refractivity contribution in [3.8, 4) is 0 Å². The molecule has 1 aliphatic rings. The Balaban J connectivity index is 0. The Morgan fingerprint density at radius 3 is 1.58 bits per heavy atom. The van der Waals surface area contributed by atoms with Gasteiger partial charge in [-0.3, -0.25) is 9.32 Å². The van der Waals surface area contributed by atoms with Crippen molar-refractivity contribution >= 4 is 13.8 Å². The molecule has 1 fully saturated rings. The lowest BCUT2D eigenvalue weighted by Gasteiger charge is -2.18. The number of ether oxygens (including phenoxy) is 2. The number of halogens is 1. The number of alkyl halides is 1. The smallest absolute Gasteiger partial charge is 0.457 e. The van der Waals surface area contributed by atoms with E-state index in [2.05, 4.69) is 60.6 Å². The largest absolute Gasteiger partial charge is 0.472 e. The second-order valence-corrected chi connectivity index (χ2v) is 7.79. The summed E-state index contributed by atoms with van der Waals surface area (Å²) >= 11 is 0. The molecule has 31 heavy (non-hydrogen) atoms. The third-order valence-electron chi connectivity index (χ3n) is 4.67. The number of aliphatic hydroxyl groups excluding tert-OH is 1. The molecule has 188 valence electrons. The van der Waals surface area contributed by atoms with Crippen LogP contribution in [-0.4, -0.2) is 101 Å². The maximum Gasteiger partial charge on any atom is 0.472 e. The molecule has 4 atom stereocenters. The van der Waals surface area contributed by atoms with Crippen LogP contribution in [0.5, 0.6) is 0 Å². The summed E-state index contributed by atoms with van der Waals surface area (Å²) in [5, 5.41) is 9.53. The van der Waals surface area contributed by atoms with Gasteiger partial charge in [-0.25, -0.2) is 8.96 Å². The molecule has 0 unspecified atom stereocenters. The molecular weight excluding hydrogens is 434 g/mol. The van der Waals surface area contributed by atoms with Crippen LogP contribution in [0.15, 0.2) is 0 Å². The van der Waals surface area contributed by atoms with E-state index in [1.807, 2.05) is 0 Å². The van der Waals surface area contributed by atoms with Crippen molar-refractivity contribution in [2.24, 2.45) is 0 Å². The van der Waals surface area contributed by atoms with Crippen molar-refractivity contribution in [1.29, 1.82) is 0 Å². The quantitative estimate of drug-likeness (QED) is 0.317. The number of hydrogen-bond donors (Lipinski definition) is 3. The first-order valence-corrected chi connectivity index (χ1v) is 12.2. The minimum Gasteiger partial charge on any atom is -0.457 e. The Morgan fingerprint density at radius 2 is 1.35 bits per heavy atom. The van der Waals surface area contributed by atoms with Gasteiger partial charge in [0.1, 0.15) is 18.9 Å². The fraction of sp³-hybridized carbons (Fsp3) is 0.947. The minimum atomic E-state index is -4.90. The lowest BCUT2D eigenvalue weighted by molar-refractivity contribution is -0.153. The van der Waals surface area contributed by atoms with Gasteiger partial charge in [-0.2, -0.15) is 0 Å². The molecule has 12 heteroatoms. The Hall–Kier alpha value is -0.650. The predicted octanol–water partition coefficient (Wildman–Crippen LogP) is 1.78. The maximum absolute atomic E-state index is 12.5. The summed E-state index contributed by atoms with van der Waals surface area (Å²) in [5.74, 6) is -0.784. The van der Waals surface area contributed by atoms with Gasteiger partial charge in [0, 0.05) is 6.92 Å². The number of carbonyl (C=O) groups is 1. The van der Waals surface area contributed by atoms with Crippen molar-refractivity contribution in [2.75, 3.05) is 45.9 Å². The van der Waals surface area contributed by atoms with Crippen molar-refractivity contribution in [3.63, 3.8) is 0 Å². The molecule has 0 bridgehead atoms. The highest BCUT2D eigenvalue weighted by molar-refractivity contribution is 7.46. The molecule has 0 aromatic carbocycles. The normalized spacial score (nSPS) is 23.1. The lowest BCUT2D eigenvalue weighted by Crippen LogP contribution is -2.37. The predicted molar refractivity (Wildman–Crippen MR) is 116 cm³/mol. The summed E-state index contributed by atoms with van der Waals surface area (Å²) in [5.41, 5.74) is 0. The summed E-state index contributed by atoms with van der Waals surface area (Å²) in [6.07, 6.45) is -6.12. The number of aliphatic hydroxyl groups is 1. The SMILES string of the molecule is CC(=O)O[C@H]1[C@H](O)[C@H](OP(=O)(O)O)O[C@@H]1CF.CCN(CC)CC.CCN(CC)CC. The number of nitrogens with zero attached hydrogens (tertiary/aromatic N) is 2. The molecule has 0 amide bonds. The van der Waals surface area contributed by atoms with E-state index in [9.17, 15) is 18.9 Å². The molecule has 10 nitrogen and oxygen atoms in total.